The number of carbonyl (C=O) groups is 1. The molecule has 1 amide bonds. The van der Waals surface area contributed by atoms with Gasteiger partial charge in [-0.15, -0.1) is 0 Å². The number of hydrogen-bond acceptors (Lipinski definition) is 3. The smallest absolute Gasteiger partial charge is 0.328 e. The van der Waals surface area contributed by atoms with E-state index in [9.17, 15) is 18.8 Å². The number of aromatic nitrogens is 2. The van der Waals surface area contributed by atoms with E-state index in [1.807, 2.05) is 0 Å². The Morgan fingerprint density at radius 2 is 2.27 bits per heavy atom. The molecule has 0 bridgehead atoms. The van der Waals surface area contributed by atoms with Crippen LogP contribution >= 0.6 is 0 Å². The van der Waals surface area contributed by atoms with Crippen LogP contribution in [0.2, 0.25) is 0 Å². The summed E-state index contributed by atoms with van der Waals surface area (Å²) in [6.45, 7) is 0.0200. The summed E-state index contributed by atoms with van der Waals surface area (Å²) in [6, 6.07) is 0. The lowest BCUT2D eigenvalue weighted by molar-refractivity contribution is -0.120. The van der Waals surface area contributed by atoms with Gasteiger partial charge in [0.1, 0.15) is 0 Å². The van der Waals surface area contributed by atoms with Crippen molar-refractivity contribution in [2.75, 3.05) is 7.05 Å². The maximum absolute atomic E-state index is 12.8. The standard InChI is InChI=1S/C8H10FN3O3/c1-10-6(13)2-3-12-4-5(9)7(14)11-8(12)15/h4H,2-3H2,1H3,(H,10,13)(H,11,14,15). The van der Waals surface area contributed by atoms with Crippen molar-refractivity contribution in [3.05, 3.63) is 32.9 Å². The molecule has 1 aromatic rings. The molecule has 0 fully saturated rings. The van der Waals surface area contributed by atoms with Crippen molar-refractivity contribution in [3.63, 3.8) is 0 Å². The molecule has 82 valence electrons. The van der Waals surface area contributed by atoms with Gasteiger partial charge in [0, 0.05) is 20.0 Å². The van der Waals surface area contributed by atoms with E-state index in [-0.39, 0.29) is 18.9 Å². The van der Waals surface area contributed by atoms with E-state index < -0.39 is 17.1 Å². The molecule has 2 N–H and O–H groups in total. The van der Waals surface area contributed by atoms with Gasteiger partial charge >= 0.3 is 5.69 Å². The fourth-order valence-corrected chi connectivity index (χ4v) is 0.996. The van der Waals surface area contributed by atoms with Crippen LogP contribution in [0.1, 0.15) is 6.42 Å². The first kappa shape index (κ1) is 11.2. The summed E-state index contributed by atoms with van der Waals surface area (Å²) >= 11 is 0. The van der Waals surface area contributed by atoms with Crippen molar-refractivity contribution in [1.82, 2.24) is 14.9 Å². The van der Waals surface area contributed by atoms with E-state index in [1.54, 1.807) is 4.98 Å². The fourth-order valence-electron chi connectivity index (χ4n) is 0.996. The van der Waals surface area contributed by atoms with Gasteiger partial charge in [-0.2, -0.15) is 4.39 Å². The van der Waals surface area contributed by atoms with Gasteiger partial charge in [-0.25, -0.2) is 4.79 Å². The number of carbonyl (C=O) groups excluding carboxylic acids is 1. The predicted octanol–water partition coefficient (Wildman–Crippen LogP) is -1.19. The number of halogens is 1. The molecule has 6 nitrogen and oxygen atoms in total. The Kier molecular flexibility index (Phi) is 3.37. The molecular weight excluding hydrogens is 205 g/mol. The summed E-state index contributed by atoms with van der Waals surface area (Å²) in [4.78, 5) is 34.4. The van der Waals surface area contributed by atoms with Crippen LogP contribution in [0, 0.1) is 5.82 Å². The molecule has 1 heterocycles. The molecule has 1 rings (SSSR count). The van der Waals surface area contributed by atoms with Gasteiger partial charge in [-0.3, -0.25) is 19.1 Å². The van der Waals surface area contributed by atoms with Crippen LogP contribution in [0.25, 0.3) is 0 Å². The zero-order valence-electron chi connectivity index (χ0n) is 8.04. The Morgan fingerprint density at radius 1 is 1.60 bits per heavy atom. The van der Waals surface area contributed by atoms with Gasteiger partial charge in [0.05, 0.1) is 6.20 Å². The van der Waals surface area contributed by atoms with Gasteiger partial charge in [-0.05, 0) is 0 Å². The van der Waals surface area contributed by atoms with Crippen LogP contribution in [-0.2, 0) is 11.3 Å². The maximum atomic E-state index is 12.8. The predicted molar refractivity (Wildman–Crippen MR) is 50.0 cm³/mol. The van der Waals surface area contributed by atoms with Gasteiger partial charge in [0.2, 0.25) is 11.7 Å². The number of nitrogens with zero attached hydrogens (tertiary/aromatic N) is 1. The minimum atomic E-state index is -1.06. The number of H-pyrrole nitrogens is 1. The van der Waals surface area contributed by atoms with Crippen molar-refractivity contribution >= 4 is 5.91 Å². The summed E-state index contributed by atoms with van der Waals surface area (Å²) in [6.07, 6.45) is 0.825. The largest absolute Gasteiger partial charge is 0.359 e. The van der Waals surface area contributed by atoms with Gasteiger partial charge < -0.3 is 5.32 Å². The normalized spacial score (nSPS) is 10.0. The van der Waals surface area contributed by atoms with Crippen molar-refractivity contribution in [2.45, 2.75) is 13.0 Å². The van der Waals surface area contributed by atoms with Crippen LogP contribution in [0.15, 0.2) is 15.8 Å². The van der Waals surface area contributed by atoms with Gasteiger partial charge in [0.15, 0.2) is 0 Å². The first-order valence-corrected chi connectivity index (χ1v) is 4.24. The monoisotopic (exact) mass is 215 g/mol. The van der Waals surface area contributed by atoms with Crippen molar-refractivity contribution in [3.8, 4) is 0 Å². The number of hydrogen-bond donors (Lipinski definition) is 2. The third-order valence-electron chi connectivity index (χ3n) is 1.83. The van der Waals surface area contributed by atoms with Crippen molar-refractivity contribution < 1.29 is 9.18 Å². The van der Waals surface area contributed by atoms with Gasteiger partial charge in [-0.1, -0.05) is 0 Å². The van der Waals surface area contributed by atoms with E-state index in [0.717, 1.165) is 10.8 Å². The Morgan fingerprint density at radius 3 is 2.87 bits per heavy atom. The zero-order valence-corrected chi connectivity index (χ0v) is 8.04. The second-order valence-corrected chi connectivity index (χ2v) is 2.85. The highest BCUT2D eigenvalue weighted by Crippen LogP contribution is 1.88. The van der Waals surface area contributed by atoms with Crippen LogP contribution in [0.5, 0.6) is 0 Å². The minimum Gasteiger partial charge on any atom is -0.359 e. The molecule has 1 aromatic heterocycles. The minimum absolute atomic E-state index is 0.0200. The lowest BCUT2D eigenvalue weighted by Crippen LogP contribution is -2.32. The summed E-state index contributed by atoms with van der Waals surface area (Å²) in [5, 5.41) is 2.36. The molecule has 0 saturated carbocycles. The van der Waals surface area contributed by atoms with E-state index >= 15 is 0 Å². The molecular formula is C8H10FN3O3. The SMILES string of the molecule is CNC(=O)CCn1cc(F)c(=O)[nH]c1=O. The van der Waals surface area contributed by atoms with E-state index in [4.69, 9.17) is 0 Å². The van der Waals surface area contributed by atoms with Crippen LogP contribution in [0.4, 0.5) is 4.39 Å². The summed E-state index contributed by atoms with van der Waals surface area (Å²) in [7, 11) is 1.46. The first-order chi connectivity index (χ1) is 7.04. The Balaban J connectivity index is 2.87. The molecule has 0 aromatic carbocycles. The molecule has 7 heteroatoms. The Hall–Kier alpha value is -1.92. The number of rotatable bonds is 3. The quantitative estimate of drug-likeness (QED) is 0.665. The zero-order chi connectivity index (χ0) is 11.4. The summed E-state index contributed by atoms with van der Waals surface area (Å²) < 4.78 is 13.7. The number of aromatic amines is 1. The molecule has 0 spiro atoms. The van der Waals surface area contributed by atoms with Crippen molar-refractivity contribution in [2.24, 2.45) is 0 Å². The van der Waals surface area contributed by atoms with Gasteiger partial charge in [0.25, 0.3) is 5.56 Å². The lowest BCUT2D eigenvalue weighted by atomic mass is 10.4. The molecule has 0 unspecified atom stereocenters. The van der Waals surface area contributed by atoms with E-state index in [0.29, 0.717) is 0 Å². The molecule has 0 aliphatic carbocycles. The topological polar surface area (TPSA) is 84.0 Å². The molecule has 0 aliphatic heterocycles. The number of nitrogens with one attached hydrogen (secondary N) is 2. The summed E-state index contributed by atoms with van der Waals surface area (Å²) in [5.41, 5.74) is -1.79. The third-order valence-corrected chi connectivity index (χ3v) is 1.83. The van der Waals surface area contributed by atoms with E-state index in [1.165, 1.54) is 7.05 Å². The first-order valence-electron chi connectivity index (χ1n) is 4.24. The molecule has 0 aliphatic rings. The van der Waals surface area contributed by atoms with Crippen LogP contribution in [0.3, 0.4) is 0 Å². The molecule has 15 heavy (non-hydrogen) atoms. The highest BCUT2D eigenvalue weighted by Gasteiger charge is 2.05. The highest BCUT2D eigenvalue weighted by molar-refractivity contribution is 5.75. The average Bonchev–Trinajstić information content (AvgIpc) is 2.21. The second-order valence-electron chi connectivity index (χ2n) is 2.85. The second kappa shape index (κ2) is 4.54. The fraction of sp³-hybridized carbons (Fsp3) is 0.375. The Labute approximate surface area is 83.7 Å². The Bertz CT molecular complexity index is 477. The van der Waals surface area contributed by atoms with Crippen LogP contribution < -0.4 is 16.6 Å². The molecule has 0 radical (unpaired) electrons. The average molecular weight is 215 g/mol. The molecule has 0 saturated heterocycles. The number of aryl methyl sites for hydroxylation is 1. The lowest BCUT2D eigenvalue weighted by Gasteiger charge is -2.03. The highest BCUT2D eigenvalue weighted by atomic mass is 19.1. The van der Waals surface area contributed by atoms with Crippen molar-refractivity contribution in [1.29, 1.82) is 0 Å². The van der Waals surface area contributed by atoms with E-state index in [2.05, 4.69) is 5.32 Å². The third kappa shape index (κ3) is 2.76. The summed E-state index contributed by atoms with van der Waals surface area (Å²) in [5.74, 6) is -1.32. The number of amides is 1. The molecule has 0 atom stereocenters. The maximum Gasteiger partial charge on any atom is 0.328 e. The van der Waals surface area contributed by atoms with Crippen LogP contribution in [-0.4, -0.2) is 22.5 Å².